The summed E-state index contributed by atoms with van der Waals surface area (Å²) in [5.41, 5.74) is 0.428. The maximum absolute atomic E-state index is 12.2. The van der Waals surface area contributed by atoms with E-state index in [2.05, 4.69) is 15.3 Å². The minimum absolute atomic E-state index is 0.112. The van der Waals surface area contributed by atoms with Gasteiger partial charge in [0.1, 0.15) is 5.82 Å². The van der Waals surface area contributed by atoms with Crippen LogP contribution in [0.25, 0.3) is 5.65 Å². The Labute approximate surface area is 103 Å². The third kappa shape index (κ3) is 2.85. The highest BCUT2D eigenvalue weighted by Gasteiger charge is 2.11. The van der Waals surface area contributed by atoms with Crippen molar-refractivity contribution >= 4 is 11.5 Å². The van der Waals surface area contributed by atoms with Crippen molar-refractivity contribution in [3.8, 4) is 5.88 Å². The highest BCUT2D eigenvalue weighted by Crippen LogP contribution is 2.19. The van der Waals surface area contributed by atoms with Crippen LogP contribution >= 0.6 is 0 Å². The first-order chi connectivity index (χ1) is 8.70. The summed E-state index contributed by atoms with van der Waals surface area (Å²) in [4.78, 5) is 8.15. The van der Waals surface area contributed by atoms with E-state index >= 15 is 0 Å². The Morgan fingerprint density at radius 3 is 3.06 bits per heavy atom. The lowest BCUT2D eigenvalue weighted by Crippen LogP contribution is -2.11. The fraction of sp³-hybridized carbons (Fsp3) is 0.455. The monoisotopic (exact) mass is 256 g/mol. The molecule has 7 heteroatoms. The Morgan fingerprint density at radius 2 is 2.33 bits per heavy atom. The second kappa shape index (κ2) is 5.61. The predicted octanol–water partition coefficient (Wildman–Crippen LogP) is 2.20. The van der Waals surface area contributed by atoms with E-state index in [-0.39, 0.29) is 5.88 Å². The van der Waals surface area contributed by atoms with Gasteiger partial charge in [0.2, 0.25) is 5.65 Å². The number of imidazole rings is 1. The summed E-state index contributed by atoms with van der Waals surface area (Å²) in [5.74, 6) is 0.688. The second-order valence-electron chi connectivity index (χ2n) is 3.72. The predicted molar refractivity (Wildman–Crippen MR) is 63.3 cm³/mol. The molecule has 0 atom stereocenters. The number of ether oxygens (including phenoxy) is 1. The Morgan fingerprint density at radius 1 is 1.50 bits per heavy atom. The molecule has 0 aromatic carbocycles. The van der Waals surface area contributed by atoms with Crippen LogP contribution in [-0.2, 0) is 0 Å². The lowest BCUT2D eigenvalue weighted by molar-refractivity contribution is 0.0802. The van der Waals surface area contributed by atoms with E-state index in [9.17, 15) is 8.78 Å². The summed E-state index contributed by atoms with van der Waals surface area (Å²) in [6, 6.07) is 0. The third-order valence-electron chi connectivity index (χ3n) is 2.25. The zero-order valence-electron chi connectivity index (χ0n) is 9.94. The topological polar surface area (TPSA) is 51.5 Å². The van der Waals surface area contributed by atoms with Crippen molar-refractivity contribution in [1.82, 2.24) is 14.4 Å². The lowest BCUT2D eigenvalue weighted by Gasteiger charge is -2.09. The SMILES string of the molecule is CCCNc1cn2ccnc2c(OCC(F)F)n1. The quantitative estimate of drug-likeness (QED) is 0.860. The molecular formula is C11H14F2N4O. The lowest BCUT2D eigenvalue weighted by atomic mass is 10.5. The van der Waals surface area contributed by atoms with Crippen LogP contribution < -0.4 is 10.1 Å². The summed E-state index contributed by atoms with van der Waals surface area (Å²) < 4.78 is 31.0. The molecule has 18 heavy (non-hydrogen) atoms. The minimum atomic E-state index is -2.53. The van der Waals surface area contributed by atoms with Crippen LogP contribution in [0, 0.1) is 0 Å². The van der Waals surface area contributed by atoms with Gasteiger partial charge in [-0.1, -0.05) is 6.92 Å². The number of hydrogen-bond acceptors (Lipinski definition) is 4. The van der Waals surface area contributed by atoms with Gasteiger partial charge < -0.3 is 10.1 Å². The first kappa shape index (κ1) is 12.5. The molecule has 0 saturated heterocycles. The number of anilines is 1. The van der Waals surface area contributed by atoms with Crippen LogP contribution in [0.3, 0.4) is 0 Å². The van der Waals surface area contributed by atoms with Crippen molar-refractivity contribution in [3.63, 3.8) is 0 Å². The molecule has 0 spiro atoms. The van der Waals surface area contributed by atoms with Crippen LogP contribution in [0.5, 0.6) is 5.88 Å². The molecule has 0 aliphatic rings. The Bertz CT molecular complexity index is 515. The Balaban J connectivity index is 2.26. The molecule has 98 valence electrons. The van der Waals surface area contributed by atoms with Crippen molar-refractivity contribution in [3.05, 3.63) is 18.6 Å². The summed E-state index contributed by atoms with van der Waals surface area (Å²) in [6.07, 6.45) is 3.43. The van der Waals surface area contributed by atoms with E-state index < -0.39 is 13.0 Å². The molecule has 2 aromatic rings. The average molecular weight is 256 g/mol. The van der Waals surface area contributed by atoms with Crippen LogP contribution in [0.2, 0.25) is 0 Å². The first-order valence-electron chi connectivity index (χ1n) is 5.69. The maximum atomic E-state index is 12.2. The van der Waals surface area contributed by atoms with Gasteiger partial charge in [0.25, 0.3) is 12.3 Å². The van der Waals surface area contributed by atoms with E-state index in [0.717, 1.165) is 13.0 Å². The normalized spacial score (nSPS) is 11.1. The molecule has 0 saturated carbocycles. The van der Waals surface area contributed by atoms with Gasteiger partial charge in [0.05, 0.1) is 6.20 Å². The second-order valence-corrected chi connectivity index (χ2v) is 3.72. The molecule has 0 radical (unpaired) electrons. The zero-order valence-corrected chi connectivity index (χ0v) is 9.94. The van der Waals surface area contributed by atoms with Crippen LogP contribution in [0.1, 0.15) is 13.3 Å². The van der Waals surface area contributed by atoms with Crippen molar-refractivity contribution < 1.29 is 13.5 Å². The summed E-state index contributed by atoms with van der Waals surface area (Å²) in [7, 11) is 0. The fourth-order valence-corrected chi connectivity index (χ4v) is 1.48. The Hall–Kier alpha value is -1.92. The molecule has 5 nitrogen and oxygen atoms in total. The average Bonchev–Trinajstić information content (AvgIpc) is 2.81. The number of nitrogens with one attached hydrogen (secondary N) is 1. The number of aromatic nitrogens is 3. The molecule has 1 N–H and O–H groups in total. The van der Waals surface area contributed by atoms with Crippen molar-refractivity contribution in [2.24, 2.45) is 0 Å². The van der Waals surface area contributed by atoms with Crippen LogP contribution in [-0.4, -0.2) is 33.9 Å². The number of fused-ring (bicyclic) bond motifs is 1. The van der Waals surface area contributed by atoms with Gasteiger partial charge in [-0.3, -0.25) is 4.40 Å². The molecule has 0 fully saturated rings. The molecular weight excluding hydrogens is 242 g/mol. The summed E-state index contributed by atoms with van der Waals surface area (Å²) in [5, 5.41) is 3.08. The first-order valence-corrected chi connectivity index (χ1v) is 5.69. The standard InChI is InChI=1S/C11H14F2N4O/c1-2-3-14-9-6-17-5-4-15-10(17)11(16-9)18-7-8(12)13/h4-6,8,14H,2-3,7H2,1H3. The highest BCUT2D eigenvalue weighted by molar-refractivity contribution is 5.53. The molecule has 0 aliphatic carbocycles. The van der Waals surface area contributed by atoms with E-state index in [1.807, 2.05) is 6.92 Å². The van der Waals surface area contributed by atoms with Crippen LogP contribution in [0.4, 0.5) is 14.6 Å². The summed E-state index contributed by atoms with van der Waals surface area (Å²) >= 11 is 0. The highest BCUT2D eigenvalue weighted by atomic mass is 19.3. The molecule has 2 aromatic heterocycles. The van der Waals surface area contributed by atoms with Crippen LogP contribution in [0.15, 0.2) is 18.6 Å². The maximum Gasteiger partial charge on any atom is 0.272 e. The van der Waals surface area contributed by atoms with Crippen molar-refractivity contribution in [2.45, 2.75) is 19.8 Å². The van der Waals surface area contributed by atoms with E-state index in [4.69, 9.17) is 4.74 Å². The number of hydrogen-bond donors (Lipinski definition) is 1. The number of halogens is 2. The van der Waals surface area contributed by atoms with Gasteiger partial charge >= 0.3 is 0 Å². The largest absolute Gasteiger partial charge is 0.469 e. The smallest absolute Gasteiger partial charge is 0.272 e. The minimum Gasteiger partial charge on any atom is -0.469 e. The van der Waals surface area contributed by atoms with Gasteiger partial charge in [0.15, 0.2) is 6.61 Å². The molecule has 2 rings (SSSR count). The van der Waals surface area contributed by atoms with Gasteiger partial charge in [-0.05, 0) is 6.42 Å². The Kier molecular flexibility index (Phi) is 3.91. The number of alkyl halides is 2. The van der Waals surface area contributed by atoms with Gasteiger partial charge in [-0.25, -0.2) is 13.8 Å². The van der Waals surface area contributed by atoms with E-state index in [1.54, 1.807) is 23.0 Å². The molecule has 0 unspecified atom stereocenters. The third-order valence-corrected chi connectivity index (χ3v) is 2.25. The van der Waals surface area contributed by atoms with E-state index in [1.165, 1.54) is 0 Å². The molecule has 0 aliphatic heterocycles. The van der Waals surface area contributed by atoms with Gasteiger partial charge in [0, 0.05) is 18.9 Å². The summed E-state index contributed by atoms with van der Waals surface area (Å²) in [6.45, 7) is 2.09. The zero-order chi connectivity index (χ0) is 13.0. The van der Waals surface area contributed by atoms with E-state index in [0.29, 0.717) is 11.5 Å². The number of nitrogens with zero attached hydrogens (tertiary/aromatic N) is 3. The van der Waals surface area contributed by atoms with Gasteiger partial charge in [-0.2, -0.15) is 4.98 Å². The fourth-order valence-electron chi connectivity index (χ4n) is 1.48. The molecule has 2 heterocycles. The molecule has 0 bridgehead atoms. The number of rotatable bonds is 6. The van der Waals surface area contributed by atoms with Crippen molar-refractivity contribution in [2.75, 3.05) is 18.5 Å². The van der Waals surface area contributed by atoms with Gasteiger partial charge in [-0.15, -0.1) is 0 Å². The molecule has 0 amide bonds. The van der Waals surface area contributed by atoms with Crippen molar-refractivity contribution in [1.29, 1.82) is 0 Å².